The van der Waals surface area contributed by atoms with Crippen molar-refractivity contribution in [2.75, 3.05) is 25.1 Å². The fraction of sp³-hybridized carbons (Fsp3) is 0.391. The van der Waals surface area contributed by atoms with E-state index in [0.717, 1.165) is 54.5 Å². The summed E-state index contributed by atoms with van der Waals surface area (Å²) in [6.45, 7) is 4.93. The molecule has 0 saturated carbocycles. The Balaban J connectivity index is 0.00000320. The van der Waals surface area contributed by atoms with Gasteiger partial charge in [-0.2, -0.15) is 0 Å². The van der Waals surface area contributed by atoms with Gasteiger partial charge < -0.3 is 20.3 Å². The molecule has 30 heavy (non-hydrogen) atoms. The van der Waals surface area contributed by atoms with Crippen molar-refractivity contribution in [3.05, 3.63) is 59.7 Å². The average molecular weight is 522 g/mol. The highest BCUT2D eigenvalue weighted by molar-refractivity contribution is 14.0. The van der Waals surface area contributed by atoms with Gasteiger partial charge in [0.1, 0.15) is 5.75 Å². The number of methoxy groups -OCH3 is 1. The van der Waals surface area contributed by atoms with Crippen molar-refractivity contribution < 1.29 is 9.53 Å². The lowest BCUT2D eigenvalue weighted by Crippen LogP contribution is -2.37. The van der Waals surface area contributed by atoms with Gasteiger partial charge in [-0.25, -0.2) is 4.99 Å². The van der Waals surface area contributed by atoms with E-state index >= 15 is 0 Å². The topological polar surface area (TPSA) is 66.0 Å². The summed E-state index contributed by atoms with van der Waals surface area (Å²) in [6.07, 6.45) is 2.73. The number of carbonyl (C=O) groups is 1. The molecule has 6 nitrogen and oxygen atoms in total. The van der Waals surface area contributed by atoms with Crippen LogP contribution < -0.4 is 20.3 Å². The number of hydrogen-bond acceptors (Lipinski definition) is 3. The second-order valence-electron chi connectivity index (χ2n) is 7.07. The molecule has 2 aromatic carbocycles. The maximum atomic E-state index is 12.1. The van der Waals surface area contributed by atoms with Gasteiger partial charge in [0.05, 0.1) is 13.7 Å². The highest BCUT2D eigenvalue weighted by Crippen LogP contribution is 2.21. The van der Waals surface area contributed by atoms with Gasteiger partial charge in [-0.15, -0.1) is 24.0 Å². The summed E-state index contributed by atoms with van der Waals surface area (Å²) in [7, 11) is 1.66. The molecule has 1 aliphatic heterocycles. The number of piperidine rings is 1. The summed E-state index contributed by atoms with van der Waals surface area (Å²) in [5.41, 5.74) is 3.25. The van der Waals surface area contributed by atoms with Crippen LogP contribution in [0.15, 0.2) is 53.5 Å². The van der Waals surface area contributed by atoms with E-state index in [-0.39, 0.29) is 29.9 Å². The zero-order chi connectivity index (χ0) is 20.5. The molecule has 0 radical (unpaired) electrons. The number of guanidine groups is 1. The lowest BCUT2D eigenvalue weighted by atomic mass is 10.1. The molecular weight excluding hydrogens is 491 g/mol. The smallest absolute Gasteiger partial charge is 0.226 e. The van der Waals surface area contributed by atoms with Crippen LogP contribution in [0.3, 0.4) is 0 Å². The van der Waals surface area contributed by atoms with Crippen LogP contribution in [0.4, 0.5) is 5.69 Å². The third kappa shape index (κ3) is 6.90. The standard InChI is InChI=1S/C23H30N4O2.HI/c1-3-24-23(26-17-19-9-13-21(29-2)14-10-19)25-16-18-7-11-20(12-8-18)27-15-5-4-6-22(27)28;/h7-14H,3-6,15-17H2,1-2H3,(H2,24,25,26);1H. The highest BCUT2D eigenvalue weighted by atomic mass is 127. The Morgan fingerprint density at radius 2 is 1.73 bits per heavy atom. The first-order valence-electron chi connectivity index (χ1n) is 10.2. The van der Waals surface area contributed by atoms with E-state index in [2.05, 4.69) is 34.7 Å². The molecule has 7 heteroatoms. The summed E-state index contributed by atoms with van der Waals surface area (Å²) >= 11 is 0. The molecule has 1 heterocycles. The number of carbonyl (C=O) groups excluding carboxylic acids is 1. The van der Waals surface area contributed by atoms with E-state index < -0.39 is 0 Å². The third-order valence-corrected chi connectivity index (χ3v) is 4.95. The van der Waals surface area contributed by atoms with E-state index in [1.54, 1.807) is 7.11 Å². The number of rotatable bonds is 7. The van der Waals surface area contributed by atoms with Gasteiger partial charge in [-0.3, -0.25) is 4.79 Å². The molecule has 0 bridgehead atoms. The van der Waals surface area contributed by atoms with E-state index in [1.165, 1.54) is 0 Å². The molecule has 2 N–H and O–H groups in total. The number of benzene rings is 2. The van der Waals surface area contributed by atoms with Crippen LogP contribution in [-0.2, 0) is 17.9 Å². The van der Waals surface area contributed by atoms with Gasteiger partial charge >= 0.3 is 0 Å². The van der Waals surface area contributed by atoms with Gasteiger partial charge in [-0.05, 0) is 55.2 Å². The van der Waals surface area contributed by atoms with Crippen molar-refractivity contribution in [3.8, 4) is 5.75 Å². The molecule has 0 atom stereocenters. The first-order valence-corrected chi connectivity index (χ1v) is 10.2. The minimum atomic E-state index is 0. The van der Waals surface area contributed by atoms with Crippen LogP contribution in [0, 0.1) is 0 Å². The zero-order valence-corrected chi connectivity index (χ0v) is 20.0. The van der Waals surface area contributed by atoms with Crippen molar-refractivity contribution in [2.45, 2.75) is 39.3 Å². The van der Waals surface area contributed by atoms with Crippen molar-refractivity contribution in [2.24, 2.45) is 4.99 Å². The maximum absolute atomic E-state index is 12.1. The quantitative estimate of drug-likeness (QED) is 0.327. The molecule has 0 aromatic heterocycles. The molecule has 1 fully saturated rings. The number of aliphatic imine (C=N–C) groups is 1. The van der Waals surface area contributed by atoms with Crippen LogP contribution in [0.25, 0.3) is 0 Å². The molecule has 3 rings (SSSR count). The molecular formula is C23H31IN4O2. The highest BCUT2D eigenvalue weighted by Gasteiger charge is 2.19. The first-order chi connectivity index (χ1) is 14.2. The largest absolute Gasteiger partial charge is 0.497 e. The Bertz CT molecular complexity index is 822. The summed E-state index contributed by atoms with van der Waals surface area (Å²) in [6, 6.07) is 16.1. The summed E-state index contributed by atoms with van der Waals surface area (Å²) in [5.74, 6) is 1.85. The van der Waals surface area contributed by atoms with Gasteiger partial charge in [0.15, 0.2) is 5.96 Å². The Morgan fingerprint density at radius 1 is 1.03 bits per heavy atom. The van der Waals surface area contributed by atoms with Crippen molar-refractivity contribution in [1.29, 1.82) is 0 Å². The SMILES string of the molecule is CCNC(=NCc1ccc(OC)cc1)NCc1ccc(N2CCCCC2=O)cc1.I. The summed E-state index contributed by atoms with van der Waals surface area (Å²) < 4.78 is 5.19. The third-order valence-electron chi connectivity index (χ3n) is 4.95. The fourth-order valence-electron chi connectivity index (χ4n) is 3.30. The lowest BCUT2D eigenvalue weighted by Gasteiger charge is -2.26. The maximum Gasteiger partial charge on any atom is 0.226 e. The molecule has 0 aliphatic carbocycles. The van der Waals surface area contributed by atoms with Gasteiger partial charge in [-0.1, -0.05) is 24.3 Å². The number of hydrogen-bond donors (Lipinski definition) is 2. The Morgan fingerprint density at radius 3 is 2.37 bits per heavy atom. The van der Waals surface area contributed by atoms with Crippen molar-refractivity contribution >= 4 is 41.5 Å². The van der Waals surface area contributed by atoms with Crippen molar-refractivity contribution in [1.82, 2.24) is 10.6 Å². The molecule has 2 aromatic rings. The Hall–Kier alpha value is -2.29. The molecule has 0 spiro atoms. The minimum absolute atomic E-state index is 0. The predicted molar refractivity (Wildman–Crippen MR) is 133 cm³/mol. The van der Waals surface area contributed by atoms with Gasteiger partial charge in [0, 0.05) is 31.7 Å². The van der Waals surface area contributed by atoms with Crippen LogP contribution in [0.5, 0.6) is 5.75 Å². The monoisotopic (exact) mass is 522 g/mol. The normalized spacial score (nSPS) is 14.1. The number of amides is 1. The number of ether oxygens (including phenoxy) is 1. The first kappa shape index (κ1) is 24.0. The Labute approximate surface area is 196 Å². The lowest BCUT2D eigenvalue weighted by molar-refractivity contribution is -0.119. The fourth-order valence-corrected chi connectivity index (χ4v) is 3.30. The average Bonchev–Trinajstić information content (AvgIpc) is 2.77. The molecule has 162 valence electrons. The Kier molecular flexibility index (Phi) is 9.93. The van der Waals surface area contributed by atoms with Crippen LogP contribution in [0.2, 0.25) is 0 Å². The minimum Gasteiger partial charge on any atom is -0.497 e. The number of halogens is 1. The summed E-state index contributed by atoms with van der Waals surface area (Å²) in [4.78, 5) is 18.6. The van der Waals surface area contributed by atoms with Gasteiger partial charge in [0.25, 0.3) is 0 Å². The summed E-state index contributed by atoms with van der Waals surface area (Å²) in [5, 5.41) is 6.65. The van der Waals surface area contributed by atoms with Crippen molar-refractivity contribution in [3.63, 3.8) is 0 Å². The molecule has 1 amide bonds. The predicted octanol–water partition coefficient (Wildman–Crippen LogP) is 4.09. The van der Waals surface area contributed by atoms with Crippen LogP contribution in [-0.4, -0.2) is 32.1 Å². The number of nitrogens with one attached hydrogen (secondary N) is 2. The molecule has 1 saturated heterocycles. The number of anilines is 1. The van der Waals surface area contributed by atoms with Crippen LogP contribution >= 0.6 is 24.0 Å². The van der Waals surface area contributed by atoms with E-state index in [0.29, 0.717) is 19.5 Å². The van der Waals surface area contributed by atoms with Gasteiger partial charge in [0.2, 0.25) is 5.91 Å². The second kappa shape index (κ2) is 12.4. The zero-order valence-electron chi connectivity index (χ0n) is 17.7. The van der Waals surface area contributed by atoms with E-state index in [4.69, 9.17) is 4.74 Å². The van der Waals surface area contributed by atoms with E-state index in [1.807, 2.05) is 41.3 Å². The number of nitrogens with zero attached hydrogens (tertiary/aromatic N) is 2. The molecule has 1 aliphatic rings. The van der Waals surface area contributed by atoms with E-state index in [9.17, 15) is 4.79 Å². The van der Waals surface area contributed by atoms with Crippen LogP contribution in [0.1, 0.15) is 37.3 Å². The molecule has 0 unspecified atom stereocenters. The second-order valence-corrected chi connectivity index (χ2v) is 7.07.